The SMILES string of the molecule is COc1nc2c(cc1C(=O)NC1(c3ccccc3)CC1)CCC2. The smallest absolute Gasteiger partial charge is 0.257 e. The molecule has 0 unspecified atom stereocenters. The minimum Gasteiger partial charge on any atom is -0.480 e. The number of ether oxygens (including phenoxy) is 1. The maximum absolute atomic E-state index is 12.8. The van der Waals surface area contributed by atoms with Gasteiger partial charge in [-0.1, -0.05) is 30.3 Å². The van der Waals surface area contributed by atoms with E-state index in [2.05, 4.69) is 22.4 Å². The molecule has 0 saturated heterocycles. The molecule has 0 aliphatic heterocycles. The molecule has 2 aromatic rings. The molecule has 1 fully saturated rings. The van der Waals surface area contributed by atoms with Gasteiger partial charge in [-0.05, 0) is 49.3 Å². The van der Waals surface area contributed by atoms with Gasteiger partial charge in [-0.3, -0.25) is 4.79 Å². The Bertz CT molecular complexity index is 751. The Morgan fingerprint density at radius 2 is 2.00 bits per heavy atom. The topological polar surface area (TPSA) is 51.2 Å². The van der Waals surface area contributed by atoms with Crippen molar-refractivity contribution in [3.8, 4) is 5.88 Å². The number of nitrogens with one attached hydrogen (secondary N) is 1. The second-order valence-electron chi connectivity index (χ2n) is 6.41. The highest BCUT2D eigenvalue weighted by Crippen LogP contribution is 2.45. The summed E-state index contributed by atoms with van der Waals surface area (Å²) in [6, 6.07) is 12.1. The third-order valence-corrected chi connectivity index (χ3v) is 4.88. The number of pyridine rings is 1. The van der Waals surface area contributed by atoms with Crippen molar-refractivity contribution in [2.24, 2.45) is 0 Å². The van der Waals surface area contributed by atoms with Gasteiger partial charge < -0.3 is 10.1 Å². The molecule has 4 heteroatoms. The van der Waals surface area contributed by atoms with Crippen LogP contribution < -0.4 is 10.1 Å². The average molecular weight is 308 g/mol. The normalized spacial score (nSPS) is 17.4. The lowest BCUT2D eigenvalue weighted by molar-refractivity contribution is 0.0927. The first-order valence-electron chi connectivity index (χ1n) is 8.17. The predicted octanol–water partition coefficient (Wildman–Crippen LogP) is 3.00. The van der Waals surface area contributed by atoms with Crippen molar-refractivity contribution in [1.29, 1.82) is 0 Å². The van der Waals surface area contributed by atoms with Crippen LogP contribution in [0.1, 0.15) is 46.4 Å². The third kappa shape index (κ3) is 2.48. The minimum atomic E-state index is -0.220. The molecule has 4 nitrogen and oxygen atoms in total. The van der Waals surface area contributed by atoms with E-state index in [1.165, 1.54) is 11.1 Å². The molecule has 2 aliphatic carbocycles. The number of hydrogen-bond acceptors (Lipinski definition) is 3. The molecular formula is C19H20N2O2. The van der Waals surface area contributed by atoms with Gasteiger partial charge in [0.1, 0.15) is 5.56 Å². The van der Waals surface area contributed by atoms with E-state index in [9.17, 15) is 4.79 Å². The van der Waals surface area contributed by atoms with Crippen LogP contribution in [0, 0.1) is 0 Å². The molecule has 0 atom stereocenters. The fourth-order valence-corrected chi connectivity index (χ4v) is 3.42. The molecule has 1 aromatic carbocycles. The molecule has 1 aromatic heterocycles. The van der Waals surface area contributed by atoms with E-state index in [1.54, 1.807) is 7.11 Å². The summed E-state index contributed by atoms with van der Waals surface area (Å²) in [5.41, 5.74) is 3.75. The molecule has 0 spiro atoms. The average Bonchev–Trinajstić information content (AvgIpc) is 3.22. The van der Waals surface area contributed by atoms with Crippen LogP contribution in [0.4, 0.5) is 0 Å². The van der Waals surface area contributed by atoms with E-state index in [1.807, 2.05) is 24.3 Å². The Balaban J connectivity index is 1.63. The predicted molar refractivity (Wildman–Crippen MR) is 87.6 cm³/mol. The van der Waals surface area contributed by atoms with Crippen LogP contribution in [0.2, 0.25) is 0 Å². The number of aromatic nitrogens is 1. The Morgan fingerprint density at radius 3 is 2.70 bits per heavy atom. The molecule has 118 valence electrons. The molecule has 1 saturated carbocycles. The van der Waals surface area contributed by atoms with E-state index in [-0.39, 0.29) is 11.4 Å². The lowest BCUT2D eigenvalue weighted by atomic mass is 10.0. The van der Waals surface area contributed by atoms with Crippen LogP contribution in [-0.2, 0) is 18.4 Å². The van der Waals surface area contributed by atoms with Crippen molar-refractivity contribution in [2.45, 2.75) is 37.6 Å². The molecule has 1 N–H and O–H groups in total. The van der Waals surface area contributed by atoms with Crippen LogP contribution >= 0.6 is 0 Å². The monoisotopic (exact) mass is 308 g/mol. The first-order chi connectivity index (χ1) is 11.2. The van der Waals surface area contributed by atoms with Crippen LogP contribution in [0.3, 0.4) is 0 Å². The number of amides is 1. The summed E-state index contributed by atoms with van der Waals surface area (Å²) in [4.78, 5) is 17.4. The van der Waals surface area contributed by atoms with Gasteiger partial charge in [0.2, 0.25) is 5.88 Å². The maximum Gasteiger partial charge on any atom is 0.257 e. The summed E-state index contributed by atoms with van der Waals surface area (Å²) in [6.45, 7) is 0. The fourth-order valence-electron chi connectivity index (χ4n) is 3.42. The third-order valence-electron chi connectivity index (χ3n) is 4.88. The van der Waals surface area contributed by atoms with Crippen LogP contribution in [0.15, 0.2) is 36.4 Å². The van der Waals surface area contributed by atoms with Crippen molar-refractivity contribution in [1.82, 2.24) is 10.3 Å². The molecule has 0 radical (unpaired) electrons. The van der Waals surface area contributed by atoms with Gasteiger partial charge >= 0.3 is 0 Å². The molecule has 1 heterocycles. The number of benzene rings is 1. The van der Waals surface area contributed by atoms with Crippen molar-refractivity contribution >= 4 is 5.91 Å². The molecule has 2 aliphatic rings. The number of nitrogens with zero attached hydrogens (tertiary/aromatic N) is 1. The van der Waals surface area contributed by atoms with Crippen molar-refractivity contribution < 1.29 is 9.53 Å². The molecule has 23 heavy (non-hydrogen) atoms. The van der Waals surface area contributed by atoms with Gasteiger partial charge in [0.05, 0.1) is 12.6 Å². The zero-order valence-corrected chi connectivity index (χ0v) is 13.3. The Morgan fingerprint density at radius 1 is 1.22 bits per heavy atom. The molecule has 4 rings (SSSR count). The second-order valence-corrected chi connectivity index (χ2v) is 6.41. The van der Waals surface area contributed by atoms with Gasteiger partial charge in [0.25, 0.3) is 5.91 Å². The van der Waals surface area contributed by atoms with E-state index in [4.69, 9.17) is 4.74 Å². The highest BCUT2D eigenvalue weighted by Gasteiger charge is 2.46. The number of rotatable bonds is 4. The number of carbonyl (C=O) groups is 1. The van der Waals surface area contributed by atoms with E-state index >= 15 is 0 Å². The summed E-state index contributed by atoms with van der Waals surface area (Å²) < 4.78 is 5.36. The van der Waals surface area contributed by atoms with Crippen LogP contribution in [-0.4, -0.2) is 18.0 Å². The Kier molecular flexibility index (Phi) is 3.33. The summed E-state index contributed by atoms with van der Waals surface area (Å²) in [5, 5.41) is 3.21. The first kappa shape index (κ1) is 14.2. The van der Waals surface area contributed by atoms with Gasteiger partial charge in [0, 0.05) is 5.69 Å². The van der Waals surface area contributed by atoms with E-state index < -0.39 is 0 Å². The highest BCUT2D eigenvalue weighted by molar-refractivity contribution is 5.97. The van der Waals surface area contributed by atoms with Crippen LogP contribution in [0.25, 0.3) is 0 Å². The number of aryl methyl sites for hydroxylation is 2. The van der Waals surface area contributed by atoms with Crippen molar-refractivity contribution in [3.63, 3.8) is 0 Å². The molecular weight excluding hydrogens is 288 g/mol. The lowest BCUT2D eigenvalue weighted by Crippen LogP contribution is -2.35. The summed E-state index contributed by atoms with van der Waals surface area (Å²) in [5.74, 6) is 0.345. The minimum absolute atomic E-state index is 0.0922. The highest BCUT2D eigenvalue weighted by atomic mass is 16.5. The van der Waals surface area contributed by atoms with Gasteiger partial charge in [0.15, 0.2) is 0 Å². The van der Waals surface area contributed by atoms with E-state index in [0.717, 1.165) is 37.8 Å². The Hall–Kier alpha value is -2.36. The summed E-state index contributed by atoms with van der Waals surface area (Å²) >= 11 is 0. The van der Waals surface area contributed by atoms with Crippen molar-refractivity contribution in [2.75, 3.05) is 7.11 Å². The largest absolute Gasteiger partial charge is 0.480 e. The zero-order chi connectivity index (χ0) is 15.9. The van der Waals surface area contributed by atoms with Crippen molar-refractivity contribution in [3.05, 3.63) is 58.8 Å². The van der Waals surface area contributed by atoms with E-state index in [0.29, 0.717) is 11.4 Å². The zero-order valence-electron chi connectivity index (χ0n) is 13.3. The quantitative estimate of drug-likeness (QED) is 0.944. The standard InChI is InChI=1S/C19H20N2O2/c1-23-18-15(12-13-6-5-9-16(13)20-18)17(22)21-19(10-11-19)14-7-3-2-4-8-14/h2-4,7-8,12H,5-6,9-11H2,1H3,(H,21,22). The number of carbonyl (C=O) groups excluding carboxylic acids is 1. The van der Waals surface area contributed by atoms with Gasteiger partial charge in [-0.15, -0.1) is 0 Å². The van der Waals surface area contributed by atoms with Crippen LogP contribution in [0.5, 0.6) is 5.88 Å². The first-order valence-corrected chi connectivity index (χ1v) is 8.17. The van der Waals surface area contributed by atoms with Gasteiger partial charge in [-0.2, -0.15) is 0 Å². The number of methoxy groups -OCH3 is 1. The van der Waals surface area contributed by atoms with Gasteiger partial charge in [-0.25, -0.2) is 4.98 Å². The fraction of sp³-hybridized carbons (Fsp3) is 0.368. The number of hydrogen-bond donors (Lipinski definition) is 1. The molecule has 1 amide bonds. The lowest BCUT2D eigenvalue weighted by Gasteiger charge is -2.19. The summed E-state index contributed by atoms with van der Waals surface area (Å²) in [6.07, 6.45) is 5.02. The second kappa shape index (κ2) is 5.37. The Labute approximate surface area is 135 Å². The summed E-state index contributed by atoms with van der Waals surface area (Å²) in [7, 11) is 1.57. The number of fused-ring (bicyclic) bond motifs is 1. The molecule has 0 bridgehead atoms. The maximum atomic E-state index is 12.8.